The number of ketones is 1. The standard InChI is InChI=1S/C18H14ClFO2/c1-22-13-7-8-14-11(9-13)5-6-12(18(14)21)10-15-16(19)3-2-4-17(15)20/h2-4,7-10H,5-6H2,1H3. The normalized spacial score (nSPS) is 15.8. The van der Waals surface area contributed by atoms with Crippen molar-refractivity contribution in [3.05, 3.63) is 69.5 Å². The molecule has 0 heterocycles. The molecule has 0 aromatic heterocycles. The number of hydrogen-bond donors (Lipinski definition) is 0. The highest BCUT2D eigenvalue weighted by atomic mass is 35.5. The molecule has 22 heavy (non-hydrogen) atoms. The van der Waals surface area contributed by atoms with Crippen molar-refractivity contribution in [2.75, 3.05) is 7.11 Å². The molecule has 0 fully saturated rings. The average molecular weight is 317 g/mol. The van der Waals surface area contributed by atoms with E-state index >= 15 is 0 Å². The van der Waals surface area contributed by atoms with Gasteiger partial charge in [0.15, 0.2) is 5.78 Å². The fourth-order valence-electron chi connectivity index (χ4n) is 2.64. The van der Waals surface area contributed by atoms with Crippen LogP contribution >= 0.6 is 11.6 Å². The first-order valence-electron chi connectivity index (χ1n) is 6.96. The Morgan fingerprint density at radius 2 is 2.05 bits per heavy atom. The van der Waals surface area contributed by atoms with Gasteiger partial charge in [-0.05, 0) is 54.8 Å². The van der Waals surface area contributed by atoms with Gasteiger partial charge in [-0.15, -0.1) is 0 Å². The third kappa shape index (κ3) is 2.64. The second kappa shape index (κ2) is 5.93. The lowest BCUT2D eigenvalue weighted by atomic mass is 9.86. The number of carbonyl (C=O) groups excluding carboxylic acids is 1. The first kappa shape index (κ1) is 14.8. The van der Waals surface area contributed by atoms with Crippen molar-refractivity contribution in [3.8, 4) is 5.75 Å². The van der Waals surface area contributed by atoms with Crippen molar-refractivity contribution in [1.29, 1.82) is 0 Å². The van der Waals surface area contributed by atoms with E-state index in [4.69, 9.17) is 16.3 Å². The topological polar surface area (TPSA) is 26.3 Å². The number of allylic oxidation sites excluding steroid dienone is 1. The molecule has 0 saturated carbocycles. The molecule has 0 atom stereocenters. The summed E-state index contributed by atoms with van der Waals surface area (Å²) < 4.78 is 19.0. The Bertz CT molecular complexity index is 760. The van der Waals surface area contributed by atoms with Gasteiger partial charge < -0.3 is 4.74 Å². The highest BCUT2D eigenvalue weighted by Crippen LogP contribution is 2.31. The number of fused-ring (bicyclic) bond motifs is 1. The first-order chi connectivity index (χ1) is 10.6. The molecule has 0 bridgehead atoms. The minimum absolute atomic E-state index is 0.0803. The van der Waals surface area contributed by atoms with Crippen LogP contribution in [0.5, 0.6) is 5.75 Å². The maximum Gasteiger partial charge on any atom is 0.189 e. The highest BCUT2D eigenvalue weighted by molar-refractivity contribution is 6.32. The number of halogens is 2. The maximum atomic E-state index is 13.9. The number of Topliss-reactive ketones (excluding diaryl/α,β-unsaturated/α-hetero) is 1. The number of rotatable bonds is 2. The van der Waals surface area contributed by atoms with Gasteiger partial charge in [-0.3, -0.25) is 4.79 Å². The molecule has 0 saturated heterocycles. The molecule has 0 N–H and O–H groups in total. The maximum absolute atomic E-state index is 13.9. The molecule has 4 heteroatoms. The van der Waals surface area contributed by atoms with Crippen LogP contribution in [0.2, 0.25) is 5.02 Å². The smallest absolute Gasteiger partial charge is 0.189 e. The summed E-state index contributed by atoms with van der Waals surface area (Å²) in [6, 6.07) is 9.89. The van der Waals surface area contributed by atoms with E-state index in [0.29, 0.717) is 22.6 Å². The molecule has 112 valence electrons. The zero-order chi connectivity index (χ0) is 15.7. The van der Waals surface area contributed by atoms with Gasteiger partial charge >= 0.3 is 0 Å². The third-order valence-corrected chi connectivity index (χ3v) is 4.16. The largest absolute Gasteiger partial charge is 0.497 e. The molecule has 2 aromatic carbocycles. The van der Waals surface area contributed by atoms with E-state index in [1.54, 1.807) is 37.5 Å². The van der Waals surface area contributed by atoms with Gasteiger partial charge in [-0.1, -0.05) is 17.7 Å². The van der Waals surface area contributed by atoms with Gasteiger partial charge in [0.2, 0.25) is 0 Å². The van der Waals surface area contributed by atoms with Crippen LogP contribution in [-0.4, -0.2) is 12.9 Å². The van der Waals surface area contributed by atoms with Crippen molar-refractivity contribution in [3.63, 3.8) is 0 Å². The number of benzene rings is 2. The van der Waals surface area contributed by atoms with E-state index in [2.05, 4.69) is 0 Å². The molecule has 1 aliphatic rings. The summed E-state index contributed by atoms with van der Waals surface area (Å²) in [5, 5.41) is 0.306. The van der Waals surface area contributed by atoms with Crippen molar-refractivity contribution in [2.24, 2.45) is 0 Å². The van der Waals surface area contributed by atoms with Crippen LogP contribution in [0.3, 0.4) is 0 Å². The van der Waals surface area contributed by atoms with E-state index < -0.39 is 5.82 Å². The van der Waals surface area contributed by atoms with Gasteiger partial charge in [0, 0.05) is 16.7 Å². The summed E-state index contributed by atoms with van der Waals surface area (Å²) in [4.78, 5) is 12.6. The molecule has 1 aliphatic carbocycles. The number of aryl methyl sites for hydroxylation is 1. The highest BCUT2D eigenvalue weighted by Gasteiger charge is 2.23. The summed E-state index contributed by atoms with van der Waals surface area (Å²) in [6.07, 6.45) is 2.84. The molecule has 2 nitrogen and oxygen atoms in total. The number of ether oxygens (including phenoxy) is 1. The molecule has 0 amide bonds. The predicted molar refractivity (Wildman–Crippen MR) is 85.0 cm³/mol. The van der Waals surface area contributed by atoms with E-state index in [-0.39, 0.29) is 11.3 Å². The Morgan fingerprint density at radius 3 is 2.77 bits per heavy atom. The minimum atomic E-state index is -0.423. The van der Waals surface area contributed by atoms with Gasteiger partial charge in [-0.25, -0.2) is 4.39 Å². The van der Waals surface area contributed by atoms with Crippen LogP contribution < -0.4 is 4.74 Å². The quantitative estimate of drug-likeness (QED) is 0.751. The van der Waals surface area contributed by atoms with Gasteiger partial charge in [0.25, 0.3) is 0 Å². The lowest BCUT2D eigenvalue weighted by Crippen LogP contribution is -2.14. The van der Waals surface area contributed by atoms with E-state index in [0.717, 1.165) is 17.7 Å². The molecule has 3 rings (SSSR count). The Morgan fingerprint density at radius 1 is 1.23 bits per heavy atom. The van der Waals surface area contributed by atoms with Crippen LogP contribution in [0.25, 0.3) is 6.08 Å². The molecule has 0 aliphatic heterocycles. The van der Waals surface area contributed by atoms with Crippen LogP contribution in [0.4, 0.5) is 4.39 Å². The molecule has 2 aromatic rings. The Balaban J connectivity index is 2.01. The molecule has 0 spiro atoms. The SMILES string of the molecule is COc1ccc2c(c1)CCC(=Cc1c(F)cccc1Cl)C2=O. The zero-order valence-electron chi connectivity index (χ0n) is 12.0. The Hall–Kier alpha value is -2.13. The zero-order valence-corrected chi connectivity index (χ0v) is 12.8. The summed E-state index contributed by atoms with van der Waals surface area (Å²) >= 11 is 6.02. The monoisotopic (exact) mass is 316 g/mol. The summed E-state index contributed by atoms with van der Waals surface area (Å²) in [5.74, 6) is 0.229. The average Bonchev–Trinajstić information content (AvgIpc) is 2.52. The second-order valence-electron chi connectivity index (χ2n) is 5.16. The van der Waals surface area contributed by atoms with Crippen molar-refractivity contribution < 1.29 is 13.9 Å². The number of methoxy groups -OCH3 is 1. The van der Waals surface area contributed by atoms with Crippen molar-refractivity contribution in [1.82, 2.24) is 0 Å². The van der Waals surface area contributed by atoms with Crippen LogP contribution in [0.15, 0.2) is 42.0 Å². The fourth-order valence-corrected chi connectivity index (χ4v) is 2.86. The predicted octanol–water partition coefficient (Wildman–Crippen LogP) is 4.70. The third-order valence-electron chi connectivity index (χ3n) is 3.83. The van der Waals surface area contributed by atoms with Gasteiger partial charge in [0.05, 0.1) is 12.1 Å². The lowest BCUT2D eigenvalue weighted by molar-refractivity contribution is 0.102. The minimum Gasteiger partial charge on any atom is -0.497 e. The summed E-state index contributed by atoms with van der Waals surface area (Å²) in [5.41, 5.74) is 2.45. The summed E-state index contributed by atoms with van der Waals surface area (Å²) in [6.45, 7) is 0. The lowest BCUT2D eigenvalue weighted by Gasteiger charge is -2.18. The van der Waals surface area contributed by atoms with Crippen LogP contribution in [0, 0.1) is 5.82 Å². The van der Waals surface area contributed by atoms with Crippen LogP contribution in [0.1, 0.15) is 27.9 Å². The Kier molecular flexibility index (Phi) is 3.99. The first-order valence-corrected chi connectivity index (χ1v) is 7.34. The number of hydrogen-bond acceptors (Lipinski definition) is 2. The van der Waals surface area contributed by atoms with Crippen LogP contribution in [-0.2, 0) is 6.42 Å². The van der Waals surface area contributed by atoms with Gasteiger partial charge in [-0.2, -0.15) is 0 Å². The molecule has 0 radical (unpaired) electrons. The van der Waals surface area contributed by atoms with E-state index in [1.165, 1.54) is 6.07 Å². The summed E-state index contributed by atoms with van der Waals surface area (Å²) in [7, 11) is 1.60. The molecular weight excluding hydrogens is 303 g/mol. The van der Waals surface area contributed by atoms with E-state index in [1.807, 2.05) is 6.07 Å². The van der Waals surface area contributed by atoms with Crippen molar-refractivity contribution >= 4 is 23.5 Å². The second-order valence-corrected chi connectivity index (χ2v) is 5.56. The van der Waals surface area contributed by atoms with E-state index in [9.17, 15) is 9.18 Å². The molecular formula is C18H14ClFO2. The molecule has 0 unspecified atom stereocenters. The Labute approximate surface area is 133 Å². The fraction of sp³-hybridized carbons (Fsp3) is 0.167. The van der Waals surface area contributed by atoms with Crippen molar-refractivity contribution in [2.45, 2.75) is 12.8 Å². The van der Waals surface area contributed by atoms with Gasteiger partial charge in [0.1, 0.15) is 11.6 Å². The number of carbonyl (C=O) groups is 1.